The van der Waals surface area contributed by atoms with Crippen molar-refractivity contribution in [1.82, 2.24) is 19.6 Å². The summed E-state index contributed by atoms with van der Waals surface area (Å²) in [5.74, 6) is 2.58. The molecule has 1 fully saturated rings. The van der Waals surface area contributed by atoms with Crippen LogP contribution >= 0.6 is 0 Å². The van der Waals surface area contributed by atoms with E-state index in [2.05, 4.69) is 27.0 Å². The Labute approximate surface area is 112 Å². The van der Waals surface area contributed by atoms with Crippen LogP contribution in [0.15, 0.2) is 12.4 Å². The summed E-state index contributed by atoms with van der Waals surface area (Å²) in [6, 6.07) is 2.03. The van der Waals surface area contributed by atoms with Gasteiger partial charge in [0, 0.05) is 26.8 Å². The van der Waals surface area contributed by atoms with Crippen LogP contribution in [0.5, 0.6) is 0 Å². The van der Waals surface area contributed by atoms with Gasteiger partial charge in [0.05, 0.1) is 12.3 Å². The Balaban J connectivity index is 1.87. The average Bonchev–Trinajstić information content (AvgIpc) is 3.12. The van der Waals surface area contributed by atoms with Gasteiger partial charge in [0.15, 0.2) is 0 Å². The van der Waals surface area contributed by atoms with Crippen LogP contribution in [-0.2, 0) is 11.3 Å². The summed E-state index contributed by atoms with van der Waals surface area (Å²) in [7, 11) is 3.77. The Kier molecular flexibility index (Phi) is 3.33. The lowest BCUT2D eigenvalue weighted by Gasteiger charge is -2.20. The molecule has 19 heavy (non-hydrogen) atoms. The van der Waals surface area contributed by atoms with Crippen molar-refractivity contribution in [2.75, 3.05) is 25.6 Å². The number of fused-ring (bicyclic) bond motifs is 1. The van der Waals surface area contributed by atoms with Crippen LogP contribution in [-0.4, -0.2) is 40.3 Å². The molecule has 0 saturated heterocycles. The number of ether oxygens (including phenoxy) is 1. The Morgan fingerprint density at radius 2 is 2.32 bits per heavy atom. The molecular weight excluding hydrogens is 242 g/mol. The summed E-state index contributed by atoms with van der Waals surface area (Å²) in [5, 5.41) is 4.24. The van der Waals surface area contributed by atoms with Crippen molar-refractivity contribution in [2.45, 2.75) is 25.9 Å². The fraction of sp³-hybridized carbons (Fsp3) is 0.615. The summed E-state index contributed by atoms with van der Waals surface area (Å²) in [6.45, 7) is 1.53. The lowest BCUT2D eigenvalue weighted by molar-refractivity contribution is 0.181. The molecule has 1 aliphatic carbocycles. The van der Waals surface area contributed by atoms with Gasteiger partial charge in [-0.05, 0) is 12.3 Å². The summed E-state index contributed by atoms with van der Waals surface area (Å²) < 4.78 is 6.94. The lowest BCUT2D eigenvalue weighted by Crippen LogP contribution is -2.22. The normalized spacial score (nSPS) is 15.1. The highest BCUT2D eigenvalue weighted by atomic mass is 16.5. The molecule has 1 aliphatic rings. The van der Waals surface area contributed by atoms with Gasteiger partial charge in [0.1, 0.15) is 12.1 Å². The van der Waals surface area contributed by atoms with E-state index >= 15 is 0 Å². The zero-order valence-electron chi connectivity index (χ0n) is 11.4. The van der Waals surface area contributed by atoms with Crippen molar-refractivity contribution in [3.8, 4) is 0 Å². The molecule has 0 amide bonds. The van der Waals surface area contributed by atoms with Gasteiger partial charge in [-0.25, -0.2) is 4.98 Å². The first-order valence-electron chi connectivity index (χ1n) is 6.67. The molecule has 0 radical (unpaired) electrons. The van der Waals surface area contributed by atoms with E-state index in [0.29, 0.717) is 12.4 Å². The van der Waals surface area contributed by atoms with Crippen molar-refractivity contribution in [1.29, 1.82) is 0 Å². The fourth-order valence-corrected chi connectivity index (χ4v) is 2.24. The van der Waals surface area contributed by atoms with E-state index < -0.39 is 0 Å². The molecule has 102 valence electrons. The Morgan fingerprint density at radius 3 is 3.05 bits per heavy atom. The predicted octanol–water partition coefficient (Wildman–Crippen LogP) is 1.51. The molecule has 0 unspecified atom stereocenters. The van der Waals surface area contributed by atoms with E-state index in [-0.39, 0.29) is 0 Å². The smallest absolute Gasteiger partial charge is 0.254 e. The molecule has 6 heteroatoms. The van der Waals surface area contributed by atoms with Gasteiger partial charge in [-0.1, -0.05) is 12.8 Å². The Hall–Kier alpha value is -1.69. The summed E-state index contributed by atoms with van der Waals surface area (Å²) in [4.78, 5) is 10.8. The highest BCUT2D eigenvalue weighted by molar-refractivity contribution is 5.46. The summed E-state index contributed by atoms with van der Waals surface area (Å²) in [6.07, 6.45) is 5.56. The molecular formula is C13H19N5O. The third-order valence-electron chi connectivity index (χ3n) is 3.54. The number of hydrogen-bond donors (Lipinski definition) is 0. The maximum atomic E-state index is 5.16. The standard InChI is InChI=1S/C13H19N5O/c1-17(6-5-10-3-4-10)12-7-11(8-19-2)16-13-14-9-15-18(12)13/h7,9-10H,3-6,8H2,1-2H3. The summed E-state index contributed by atoms with van der Waals surface area (Å²) >= 11 is 0. The maximum absolute atomic E-state index is 5.16. The molecule has 2 heterocycles. The van der Waals surface area contributed by atoms with Gasteiger partial charge in [-0.15, -0.1) is 0 Å². The second-order valence-electron chi connectivity index (χ2n) is 5.16. The number of anilines is 1. The molecule has 0 bridgehead atoms. The van der Waals surface area contributed by atoms with Crippen molar-refractivity contribution >= 4 is 11.6 Å². The number of rotatable bonds is 6. The van der Waals surface area contributed by atoms with Crippen molar-refractivity contribution in [3.05, 3.63) is 18.1 Å². The maximum Gasteiger partial charge on any atom is 0.254 e. The second-order valence-corrected chi connectivity index (χ2v) is 5.16. The molecule has 2 aromatic rings. The first-order valence-corrected chi connectivity index (χ1v) is 6.67. The molecule has 1 saturated carbocycles. The van der Waals surface area contributed by atoms with E-state index in [1.165, 1.54) is 25.6 Å². The van der Waals surface area contributed by atoms with Gasteiger partial charge in [0.2, 0.25) is 0 Å². The van der Waals surface area contributed by atoms with Gasteiger partial charge >= 0.3 is 0 Å². The fourth-order valence-electron chi connectivity index (χ4n) is 2.24. The largest absolute Gasteiger partial charge is 0.378 e. The van der Waals surface area contributed by atoms with Crippen LogP contribution in [0.2, 0.25) is 0 Å². The first kappa shape index (κ1) is 12.3. The summed E-state index contributed by atoms with van der Waals surface area (Å²) in [5.41, 5.74) is 0.885. The minimum Gasteiger partial charge on any atom is -0.378 e. The number of nitrogens with zero attached hydrogens (tertiary/aromatic N) is 5. The third kappa shape index (κ3) is 2.68. The minimum atomic E-state index is 0.493. The Bertz CT molecular complexity index is 563. The minimum absolute atomic E-state index is 0.493. The van der Waals surface area contributed by atoms with Gasteiger partial charge in [-0.2, -0.15) is 14.6 Å². The molecule has 2 aromatic heterocycles. The molecule has 0 atom stereocenters. The zero-order valence-corrected chi connectivity index (χ0v) is 11.4. The van der Waals surface area contributed by atoms with Crippen LogP contribution in [0.4, 0.5) is 5.82 Å². The van der Waals surface area contributed by atoms with Gasteiger partial charge in [0.25, 0.3) is 5.78 Å². The third-order valence-corrected chi connectivity index (χ3v) is 3.54. The molecule has 6 nitrogen and oxygen atoms in total. The number of hydrogen-bond acceptors (Lipinski definition) is 5. The van der Waals surface area contributed by atoms with Gasteiger partial charge < -0.3 is 9.64 Å². The number of methoxy groups -OCH3 is 1. The quantitative estimate of drug-likeness (QED) is 0.789. The number of aromatic nitrogens is 4. The SMILES string of the molecule is COCc1cc(N(C)CCC2CC2)n2ncnc2n1. The van der Waals surface area contributed by atoms with Gasteiger partial charge in [-0.3, -0.25) is 0 Å². The molecule has 0 aromatic carbocycles. The van der Waals surface area contributed by atoms with Crippen LogP contribution in [0.25, 0.3) is 5.78 Å². The highest BCUT2D eigenvalue weighted by Gasteiger charge is 2.22. The van der Waals surface area contributed by atoms with E-state index in [4.69, 9.17) is 4.74 Å². The van der Waals surface area contributed by atoms with E-state index in [1.54, 1.807) is 11.6 Å². The average molecular weight is 261 g/mol. The lowest BCUT2D eigenvalue weighted by atomic mass is 10.3. The topological polar surface area (TPSA) is 55.6 Å². The monoisotopic (exact) mass is 261 g/mol. The van der Waals surface area contributed by atoms with Crippen molar-refractivity contribution in [3.63, 3.8) is 0 Å². The Morgan fingerprint density at radius 1 is 1.47 bits per heavy atom. The van der Waals surface area contributed by atoms with Crippen LogP contribution < -0.4 is 4.90 Å². The van der Waals surface area contributed by atoms with E-state index in [9.17, 15) is 0 Å². The molecule has 0 N–H and O–H groups in total. The van der Waals surface area contributed by atoms with Crippen LogP contribution in [0, 0.1) is 5.92 Å². The van der Waals surface area contributed by atoms with Crippen molar-refractivity contribution in [2.24, 2.45) is 5.92 Å². The predicted molar refractivity (Wildman–Crippen MR) is 72.1 cm³/mol. The molecule has 0 aliphatic heterocycles. The van der Waals surface area contributed by atoms with Crippen LogP contribution in [0.1, 0.15) is 25.0 Å². The first-order chi connectivity index (χ1) is 9.28. The van der Waals surface area contributed by atoms with E-state index in [1.807, 2.05) is 6.07 Å². The van der Waals surface area contributed by atoms with Crippen molar-refractivity contribution < 1.29 is 4.74 Å². The second kappa shape index (κ2) is 5.13. The van der Waals surface area contributed by atoms with Crippen LogP contribution in [0.3, 0.4) is 0 Å². The van der Waals surface area contributed by atoms with E-state index in [0.717, 1.165) is 24.0 Å². The highest BCUT2D eigenvalue weighted by Crippen LogP contribution is 2.32. The molecule has 0 spiro atoms. The molecule has 3 rings (SSSR count). The zero-order chi connectivity index (χ0) is 13.2.